The van der Waals surface area contributed by atoms with Gasteiger partial charge in [-0.1, -0.05) is 29.3 Å². The van der Waals surface area contributed by atoms with Crippen molar-refractivity contribution >= 4 is 34.5 Å². The molecule has 0 radical (unpaired) electrons. The number of nitrogens with one attached hydrogen (secondary N) is 1. The molecule has 2 aromatic rings. The lowest BCUT2D eigenvalue weighted by Crippen LogP contribution is -2.27. The fourth-order valence-electron chi connectivity index (χ4n) is 1.95. The van der Waals surface area contributed by atoms with Gasteiger partial charge in [-0.05, 0) is 44.5 Å². The van der Waals surface area contributed by atoms with E-state index in [1.807, 2.05) is 29.5 Å². The van der Waals surface area contributed by atoms with E-state index in [0.29, 0.717) is 12.6 Å². The van der Waals surface area contributed by atoms with Crippen LogP contribution in [0.4, 0.5) is 0 Å². The summed E-state index contributed by atoms with van der Waals surface area (Å²) in [5.74, 6) is 0. The van der Waals surface area contributed by atoms with E-state index in [9.17, 15) is 0 Å². The zero-order valence-electron chi connectivity index (χ0n) is 11.0. The Morgan fingerprint density at radius 2 is 1.84 bits per heavy atom. The Hall–Kier alpha value is -0.540. The summed E-state index contributed by atoms with van der Waals surface area (Å²) in [6.07, 6.45) is 1.03. The van der Waals surface area contributed by atoms with Crippen molar-refractivity contribution in [2.45, 2.75) is 32.9 Å². The smallest absolute Gasteiger partial charge is 0.0465 e. The van der Waals surface area contributed by atoms with E-state index in [0.717, 1.165) is 22.0 Å². The number of hydrogen-bond donors (Lipinski definition) is 1. The molecule has 0 amide bonds. The Balaban J connectivity index is 1.91. The molecule has 1 aromatic heterocycles. The minimum atomic E-state index is 0.394. The summed E-state index contributed by atoms with van der Waals surface area (Å²) in [6.45, 7) is 5.01. The van der Waals surface area contributed by atoms with Gasteiger partial charge in [-0.15, -0.1) is 11.3 Å². The highest BCUT2D eigenvalue weighted by Crippen LogP contribution is 2.24. The maximum absolute atomic E-state index is 6.15. The van der Waals surface area contributed by atoms with Crippen molar-refractivity contribution in [3.8, 4) is 0 Å². The lowest BCUT2D eigenvalue weighted by Gasteiger charge is -2.14. The Labute approximate surface area is 128 Å². The Kier molecular flexibility index (Phi) is 5.28. The zero-order valence-corrected chi connectivity index (χ0v) is 13.4. The Bertz CT molecular complexity index is 531. The van der Waals surface area contributed by atoms with Crippen molar-refractivity contribution in [2.75, 3.05) is 0 Å². The van der Waals surface area contributed by atoms with Crippen molar-refractivity contribution < 1.29 is 0 Å². The van der Waals surface area contributed by atoms with Crippen molar-refractivity contribution in [2.24, 2.45) is 0 Å². The molecule has 0 aliphatic rings. The monoisotopic (exact) mass is 313 g/mol. The normalized spacial score (nSPS) is 12.6. The minimum Gasteiger partial charge on any atom is -0.310 e. The van der Waals surface area contributed by atoms with Gasteiger partial charge in [-0.3, -0.25) is 0 Å². The number of rotatable bonds is 5. The molecule has 102 valence electrons. The third-order valence-electron chi connectivity index (χ3n) is 2.99. The van der Waals surface area contributed by atoms with Gasteiger partial charge in [0.1, 0.15) is 0 Å². The van der Waals surface area contributed by atoms with E-state index in [4.69, 9.17) is 23.2 Å². The van der Waals surface area contributed by atoms with Crippen LogP contribution in [-0.4, -0.2) is 6.04 Å². The molecule has 19 heavy (non-hydrogen) atoms. The van der Waals surface area contributed by atoms with E-state index >= 15 is 0 Å². The number of aryl methyl sites for hydroxylation is 1. The van der Waals surface area contributed by atoms with Crippen molar-refractivity contribution in [3.05, 3.63) is 55.7 Å². The molecular formula is C15H17Cl2NS. The molecule has 1 nitrogen and oxygen atoms in total. The standard InChI is InChI=1S/C15H17Cl2NS/c1-10(8-12-7-6-11(2)19-12)18-9-13-14(16)4-3-5-15(13)17/h3-7,10,18H,8-9H2,1-2H3. The molecule has 0 aliphatic heterocycles. The van der Waals surface area contributed by atoms with Gasteiger partial charge in [-0.2, -0.15) is 0 Å². The number of thiophene rings is 1. The second-order valence-corrected chi connectivity index (χ2v) is 6.89. The van der Waals surface area contributed by atoms with Gasteiger partial charge < -0.3 is 5.32 Å². The first-order valence-electron chi connectivity index (χ1n) is 6.28. The predicted molar refractivity (Wildman–Crippen MR) is 85.5 cm³/mol. The number of benzene rings is 1. The summed E-state index contributed by atoms with van der Waals surface area (Å²) in [7, 11) is 0. The molecule has 1 aromatic carbocycles. The first kappa shape index (κ1) is 14.9. The first-order chi connectivity index (χ1) is 9.06. The summed E-state index contributed by atoms with van der Waals surface area (Å²) in [6, 6.07) is 10.4. The van der Waals surface area contributed by atoms with Crippen LogP contribution in [0.2, 0.25) is 10.0 Å². The largest absolute Gasteiger partial charge is 0.310 e. The summed E-state index contributed by atoms with van der Waals surface area (Å²) in [4.78, 5) is 2.76. The lowest BCUT2D eigenvalue weighted by atomic mass is 10.1. The molecule has 0 saturated carbocycles. The molecular weight excluding hydrogens is 297 g/mol. The number of halogens is 2. The summed E-state index contributed by atoms with van der Waals surface area (Å²) in [5, 5.41) is 4.92. The van der Waals surface area contributed by atoms with Gasteiger partial charge >= 0.3 is 0 Å². The van der Waals surface area contributed by atoms with Gasteiger partial charge in [0.05, 0.1) is 0 Å². The third-order valence-corrected chi connectivity index (χ3v) is 4.72. The summed E-state index contributed by atoms with van der Waals surface area (Å²) in [5.41, 5.74) is 0.972. The van der Waals surface area contributed by atoms with Crippen molar-refractivity contribution in [1.82, 2.24) is 5.32 Å². The van der Waals surface area contributed by atoms with E-state index in [1.165, 1.54) is 9.75 Å². The molecule has 0 spiro atoms. The molecule has 1 N–H and O–H groups in total. The molecule has 1 heterocycles. The topological polar surface area (TPSA) is 12.0 Å². The third kappa shape index (κ3) is 4.22. The summed E-state index contributed by atoms with van der Waals surface area (Å²) >= 11 is 14.2. The van der Waals surface area contributed by atoms with Gasteiger partial charge in [0.2, 0.25) is 0 Å². The van der Waals surface area contributed by atoms with Crippen molar-refractivity contribution in [1.29, 1.82) is 0 Å². The highest BCUT2D eigenvalue weighted by Gasteiger charge is 2.09. The van der Waals surface area contributed by atoms with Crippen LogP contribution in [0, 0.1) is 6.92 Å². The van der Waals surface area contributed by atoms with E-state index < -0.39 is 0 Å². The molecule has 4 heteroatoms. The average molecular weight is 314 g/mol. The van der Waals surface area contributed by atoms with Gasteiger partial charge in [0, 0.05) is 37.9 Å². The predicted octanol–water partition coefficient (Wildman–Crippen LogP) is 5.08. The van der Waals surface area contributed by atoms with Crippen LogP contribution in [0.1, 0.15) is 22.2 Å². The van der Waals surface area contributed by atoms with Gasteiger partial charge in [0.15, 0.2) is 0 Å². The van der Waals surface area contributed by atoms with Crippen LogP contribution in [-0.2, 0) is 13.0 Å². The van der Waals surface area contributed by atoms with Crippen LogP contribution in [0.5, 0.6) is 0 Å². The highest BCUT2D eigenvalue weighted by atomic mass is 35.5. The SMILES string of the molecule is Cc1ccc(CC(C)NCc2c(Cl)cccc2Cl)s1. The molecule has 2 rings (SSSR count). The molecule has 0 fully saturated rings. The average Bonchev–Trinajstić information content (AvgIpc) is 2.74. The Morgan fingerprint density at radius 1 is 1.16 bits per heavy atom. The Morgan fingerprint density at radius 3 is 2.42 bits per heavy atom. The highest BCUT2D eigenvalue weighted by molar-refractivity contribution is 7.11. The maximum Gasteiger partial charge on any atom is 0.0465 e. The first-order valence-corrected chi connectivity index (χ1v) is 7.85. The van der Waals surface area contributed by atoms with Crippen LogP contribution in [0.25, 0.3) is 0 Å². The van der Waals surface area contributed by atoms with E-state index in [1.54, 1.807) is 0 Å². The van der Waals surface area contributed by atoms with Crippen molar-refractivity contribution in [3.63, 3.8) is 0 Å². The zero-order chi connectivity index (χ0) is 13.8. The minimum absolute atomic E-state index is 0.394. The molecule has 0 saturated heterocycles. The molecule has 1 unspecified atom stereocenters. The van der Waals surface area contributed by atoms with E-state index in [-0.39, 0.29) is 0 Å². The van der Waals surface area contributed by atoms with E-state index in [2.05, 4.69) is 31.3 Å². The fraction of sp³-hybridized carbons (Fsp3) is 0.333. The molecule has 1 atom stereocenters. The lowest BCUT2D eigenvalue weighted by molar-refractivity contribution is 0.549. The van der Waals surface area contributed by atoms with Crippen LogP contribution < -0.4 is 5.32 Å². The number of hydrogen-bond acceptors (Lipinski definition) is 2. The van der Waals surface area contributed by atoms with Crippen LogP contribution in [0.15, 0.2) is 30.3 Å². The van der Waals surface area contributed by atoms with Crippen LogP contribution >= 0.6 is 34.5 Å². The van der Waals surface area contributed by atoms with Gasteiger partial charge in [0.25, 0.3) is 0 Å². The molecule has 0 aliphatic carbocycles. The second-order valence-electron chi connectivity index (χ2n) is 4.70. The summed E-state index contributed by atoms with van der Waals surface area (Å²) < 4.78 is 0. The second kappa shape index (κ2) is 6.76. The van der Waals surface area contributed by atoms with Gasteiger partial charge in [-0.25, -0.2) is 0 Å². The maximum atomic E-state index is 6.15. The van der Waals surface area contributed by atoms with Crippen LogP contribution in [0.3, 0.4) is 0 Å². The fourth-order valence-corrected chi connectivity index (χ4v) is 3.50. The quantitative estimate of drug-likeness (QED) is 0.811. The molecule has 0 bridgehead atoms.